The maximum Gasteiger partial charge on any atom is 0.309 e. The number of morpholine rings is 1. The topological polar surface area (TPSA) is 107 Å². The van der Waals surface area contributed by atoms with E-state index in [9.17, 15) is 13.2 Å². The molecule has 26 heavy (non-hydrogen) atoms. The monoisotopic (exact) mass is 381 g/mol. The molecule has 1 fully saturated rings. The van der Waals surface area contributed by atoms with Gasteiger partial charge in [0, 0.05) is 13.1 Å². The van der Waals surface area contributed by atoms with Gasteiger partial charge < -0.3 is 14.2 Å². The van der Waals surface area contributed by atoms with Crippen LogP contribution in [-0.4, -0.2) is 64.4 Å². The standard InChI is InChI=1S/C16H19N3O6S/c20-16(15-12-24-8-9-25-15)18-17-11-13-2-1-3-14(10-13)26(21,22)19-4-6-23-7-5-19/h1-3,10-12H,4-9H2,(H,18,20)/b17-11+. The Kier molecular flexibility index (Phi) is 5.86. The minimum Gasteiger partial charge on any atom is -0.494 e. The largest absolute Gasteiger partial charge is 0.494 e. The van der Waals surface area contributed by atoms with Gasteiger partial charge in [0.25, 0.3) is 0 Å². The zero-order valence-electron chi connectivity index (χ0n) is 14.0. The number of benzene rings is 1. The number of nitrogens with zero attached hydrogens (tertiary/aromatic N) is 2. The molecule has 2 aliphatic rings. The second kappa shape index (κ2) is 8.30. The molecule has 0 radical (unpaired) electrons. The summed E-state index contributed by atoms with van der Waals surface area (Å²) in [6.07, 6.45) is 2.59. The molecule has 1 aromatic rings. The van der Waals surface area contributed by atoms with Gasteiger partial charge in [-0.3, -0.25) is 4.79 Å². The van der Waals surface area contributed by atoms with Crippen molar-refractivity contribution in [3.63, 3.8) is 0 Å². The molecule has 9 nitrogen and oxygen atoms in total. The zero-order valence-corrected chi connectivity index (χ0v) is 14.8. The average Bonchev–Trinajstić information content (AvgIpc) is 2.69. The van der Waals surface area contributed by atoms with Crippen LogP contribution in [0.5, 0.6) is 0 Å². The van der Waals surface area contributed by atoms with E-state index < -0.39 is 15.9 Å². The van der Waals surface area contributed by atoms with Gasteiger partial charge in [-0.15, -0.1) is 0 Å². The molecule has 0 saturated carbocycles. The summed E-state index contributed by atoms with van der Waals surface area (Å²) in [7, 11) is -3.58. The molecule has 2 aliphatic heterocycles. The fourth-order valence-corrected chi connectivity index (χ4v) is 3.86. The van der Waals surface area contributed by atoms with E-state index in [-0.39, 0.29) is 10.7 Å². The van der Waals surface area contributed by atoms with Crippen LogP contribution < -0.4 is 5.43 Å². The number of carbonyl (C=O) groups is 1. The average molecular weight is 381 g/mol. The molecule has 1 amide bonds. The lowest BCUT2D eigenvalue weighted by Gasteiger charge is -2.26. The second-order valence-electron chi connectivity index (χ2n) is 5.49. The summed E-state index contributed by atoms with van der Waals surface area (Å²) in [5, 5.41) is 3.82. The lowest BCUT2D eigenvalue weighted by molar-refractivity contribution is -0.122. The van der Waals surface area contributed by atoms with E-state index in [1.165, 1.54) is 28.9 Å². The van der Waals surface area contributed by atoms with Crippen LogP contribution in [-0.2, 0) is 29.0 Å². The number of hydrazone groups is 1. The molecule has 140 valence electrons. The molecule has 0 spiro atoms. The van der Waals surface area contributed by atoms with Crippen molar-refractivity contribution in [2.75, 3.05) is 39.5 Å². The number of amides is 1. The molecule has 10 heteroatoms. The van der Waals surface area contributed by atoms with E-state index in [1.54, 1.807) is 12.1 Å². The first-order valence-corrected chi connectivity index (χ1v) is 9.47. The van der Waals surface area contributed by atoms with Gasteiger partial charge >= 0.3 is 5.91 Å². The molecule has 0 aromatic heterocycles. The Hall–Kier alpha value is -2.43. The van der Waals surface area contributed by atoms with Crippen molar-refractivity contribution < 1.29 is 27.4 Å². The lowest BCUT2D eigenvalue weighted by Crippen LogP contribution is -2.40. The summed E-state index contributed by atoms with van der Waals surface area (Å²) in [4.78, 5) is 12.0. The van der Waals surface area contributed by atoms with Gasteiger partial charge in [0.15, 0.2) is 0 Å². The maximum atomic E-state index is 12.6. The minimum absolute atomic E-state index is 0.0389. The fourth-order valence-electron chi connectivity index (χ4n) is 2.40. The summed E-state index contributed by atoms with van der Waals surface area (Å²) in [6, 6.07) is 6.34. The van der Waals surface area contributed by atoms with Gasteiger partial charge in [-0.2, -0.15) is 9.41 Å². The Morgan fingerprint density at radius 2 is 2.00 bits per heavy atom. The van der Waals surface area contributed by atoms with Crippen molar-refractivity contribution >= 4 is 22.1 Å². The number of nitrogens with one attached hydrogen (secondary N) is 1. The van der Waals surface area contributed by atoms with Gasteiger partial charge in [0.05, 0.1) is 24.3 Å². The maximum absolute atomic E-state index is 12.6. The van der Waals surface area contributed by atoms with E-state index >= 15 is 0 Å². The molecule has 1 aromatic carbocycles. The minimum atomic E-state index is -3.58. The van der Waals surface area contributed by atoms with Gasteiger partial charge in [0.1, 0.15) is 19.5 Å². The van der Waals surface area contributed by atoms with Gasteiger partial charge in [-0.05, 0) is 17.7 Å². The molecular weight excluding hydrogens is 362 g/mol. The molecular formula is C16H19N3O6S. The first kappa shape index (κ1) is 18.4. The van der Waals surface area contributed by atoms with Crippen LogP contribution in [0.1, 0.15) is 5.56 Å². The third-order valence-electron chi connectivity index (χ3n) is 3.72. The van der Waals surface area contributed by atoms with Crippen LogP contribution in [0.15, 0.2) is 46.3 Å². The number of rotatable bonds is 5. The summed E-state index contributed by atoms with van der Waals surface area (Å²) in [5.41, 5.74) is 2.84. The number of carbonyl (C=O) groups excluding carboxylic acids is 1. The highest BCUT2D eigenvalue weighted by atomic mass is 32.2. The van der Waals surface area contributed by atoms with Crippen LogP contribution >= 0.6 is 0 Å². The van der Waals surface area contributed by atoms with Crippen LogP contribution in [0.2, 0.25) is 0 Å². The van der Waals surface area contributed by atoms with Crippen molar-refractivity contribution in [2.45, 2.75) is 4.90 Å². The SMILES string of the molecule is O=C(N/N=C/c1cccc(S(=O)(=O)N2CCOCC2)c1)C1=COCCO1. The van der Waals surface area contributed by atoms with Crippen molar-refractivity contribution in [3.8, 4) is 0 Å². The number of sulfonamides is 1. The molecule has 2 heterocycles. The summed E-state index contributed by atoms with van der Waals surface area (Å²) in [5.74, 6) is -0.505. The predicted molar refractivity (Wildman–Crippen MR) is 91.7 cm³/mol. The van der Waals surface area contributed by atoms with Crippen molar-refractivity contribution in [1.29, 1.82) is 0 Å². The predicted octanol–water partition coefficient (Wildman–Crippen LogP) is 0.0458. The van der Waals surface area contributed by atoms with Gasteiger partial charge in [-0.25, -0.2) is 13.8 Å². The first-order valence-electron chi connectivity index (χ1n) is 8.03. The van der Waals surface area contributed by atoms with Crippen LogP contribution in [0, 0.1) is 0 Å². The molecule has 3 rings (SSSR count). The number of ether oxygens (including phenoxy) is 3. The summed E-state index contributed by atoms with van der Waals surface area (Å²) in [6.45, 7) is 2.11. The summed E-state index contributed by atoms with van der Waals surface area (Å²) >= 11 is 0. The van der Waals surface area contributed by atoms with Gasteiger partial charge in [-0.1, -0.05) is 12.1 Å². The number of hydrogen-bond donors (Lipinski definition) is 1. The smallest absolute Gasteiger partial charge is 0.309 e. The second-order valence-corrected chi connectivity index (χ2v) is 7.43. The summed E-state index contributed by atoms with van der Waals surface area (Å²) < 4.78 is 42.0. The molecule has 1 N–H and O–H groups in total. The Labute approximate surface area is 151 Å². The van der Waals surface area contributed by atoms with E-state index in [2.05, 4.69) is 10.5 Å². The van der Waals surface area contributed by atoms with Gasteiger partial charge in [0.2, 0.25) is 15.8 Å². The van der Waals surface area contributed by atoms with Crippen LogP contribution in [0.4, 0.5) is 0 Å². The van der Waals surface area contributed by atoms with Crippen molar-refractivity contribution in [3.05, 3.63) is 41.9 Å². The van der Waals surface area contributed by atoms with Crippen LogP contribution in [0.3, 0.4) is 0 Å². The zero-order chi connectivity index (χ0) is 18.4. The quantitative estimate of drug-likeness (QED) is 0.570. The van der Waals surface area contributed by atoms with E-state index in [1.807, 2.05) is 0 Å². The van der Waals surface area contributed by atoms with Crippen molar-refractivity contribution in [1.82, 2.24) is 9.73 Å². The molecule has 0 atom stereocenters. The normalized spacial score (nSPS) is 18.7. The Morgan fingerprint density at radius 1 is 1.19 bits per heavy atom. The Bertz CT molecular complexity index is 815. The third-order valence-corrected chi connectivity index (χ3v) is 5.61. The Morgan fingerprint density at radius 3 is 2.73 bits per heavy atom. The molecule has 0 unspecified atom stereocenters. The molecule has 0 aliphatic carbocycles. The highest BCUT2D eigenvalue weighted by Gasteiger charge is 2.26. The van der Waals surface area contributed by atoms with E-state index in [0.717, 1.165) is 0 Å². The highest BCUT2D eigenvalue weighted by molar-refractivity contribution is 7.89. The lowest BCUT2D eigenvalue weighted by atomic mass is 10.2. The van der Waals surface area contributed by atoms with Crippen LogP contribution in [0.25, 0.3) is 0 Å². The highest BCUT2D eigenvalue weighted by Crippen LogP contribution is 2.17. The third kappa shape index (κ3) is 4.40. The van der Waals surface area contributed by atoms with E-state index in [0.29, 0.717) is 45.1 Å². The Balaban J connectivity index is 1.67. The first-order chi connectivity index (χ1) is 12.6. The fraction of sp³-hybridized carbons (Fsp3) is 0.375. The van der Waals surface area contributed by atoms with E-state index in [4.69, 9.17) is 14.2 Å². The molecule has 0 bridgehead atoms. The van der Waals surface area contributed by atoms with Crippen molar-refractivity contribution in [2.24, 2.45) is 5.10 Å². The molecule has 1 saturated heterocycles. The number of hydrogen-bond acceptors (Lipinski definition) is 7.